The highest BCUT2D eigenvalue weighted by Crippen LogP contribution is 2.46. The number of fused-ring (bicyclic) bond motifs is 5. The van der Waals surface area contributed by atoms with Crippen LogP contribution in [0.3, 0.4) is 0 Å². The van der Waals surface area contributed by atoms with Crippen LogP contribution in [0.15, 0.2) is 42.2 Å². The molecule has 4 bridgehead atoms. The molecule has 0 spiro atoms. The van der Waals surface area contributed by atoms with Crippen molar-refractivity contribution >= 4 is 11.3 Å². The minimum atomic E-state index is -0.250. The van der Waals surface area contributed by atoms with Gasteiger partial charge in [-0.05, 0) is 73.6 Å². The molecule has 1 saturated heterocycles. The zero-order chi connectivity index (χ0) is 25.1. The molecule has 0 N–H and O–H groups in total. The van der Waals surface area contributed by atoms with Gasteiger partial charge in [-0.2, -0.15) is 0 Å². The van der Waals surface area contributed by atoms with E-state index in [1.807, 2.05) is 12.3 Å². The van der Waals surface area contributed by atoms with Crippen LogP contribution in [0.25, 0.3) is 5.57 Å². The molecule has 5 rings (SSSR count). The molecule has 189 valence electrons. The Balaban J connectivity index is 1.61. The van der Waals surface area contributed by atoms with Crippen LogP contribution in [0.5, 0.6) is 5.75 Å². The summed E-state index contributed by atoms with van der Waals surface area (Å²) in [5, 5.41) is 0. The van der Waals surface area contributed by atoms with Crippen molar-refractivity contribution in [3.05, 3.63) is 65.3 Å². The molecule has 36 heavy (non-hydrogen) atoms. The van der Waals surface area contributed by atoms with Gasteiger partial charge < -0.3 is 19.1 Å². The molecule has 3 heterocycles. The number of allylic oxidation sites excluding steroid dienone is 1. The molecule has 5 nitrogen and oxygen atoms in total. The average Bonchev–Trinajstić information content (AvgIpc) is 3.70. The van der Waals surface area contributed by atoms with Crippen LogP contribution in [-0.4, -0.2) is 43.7 Å². The minimum absolute atomic E-state index is 0.0229. The first-order chi connectivity index (χ1) is 17.6. The predicted octanol–water partition coefficient (Wildman–Crippen LogP) is 5.99. The number of pyridine rings is 1. The maximum Gasteiger partial charge on any atom is 0.138 e. The largest absolute Gasteiger partial charge is 0.489 e. The fourth-order valence-electron chi connectivity index (χ4n) is 5.40. The lowest BCUT2D eigenvalue weighted by atomic mass is 9.89. The van der Waals surface area contributed by atoms with E-state index in [2.05, 4.69) is 61.2 Å². The Morgan fingerprint density at radius 2 is 2.00 bits per heavy atom. The normalized spacial score (nSPS) is 26.4. The summed E-state index contributed by atoms with van der Waals surface area (Å²) in [5.41, 5.74) is 7.10. The molecule has 5 heteroatoms. The molecule has 1 aromatic carbocycles. The first-order valence-corrected chi connectivity index (χ1v) is 13.4. The molecule has 4 atom stereocenters. The van der Waals surface area contributed by atoms with E-state index >= 15 is 0 Å². The number of benzene rings is 1. The fraction of sp³-hybridized carbons (Fsp3) is 0.484. The fourth-order valence-corrected chi connectivity index (χ4v) is 5.40. The highest BCUT2D eigenvalue weighted by atomic mass is 16.5. The van der Waals surface area contributed by atoms with Crippen LogP contribution in [0.4, 0.5) is 5.69 Å². The zero-order valence-electron chi connectivity index (χ0n) is 21.7. The Hall–Kier alpha value is -2.81. The predicted molar refractivity (Wildman–Crippen MR) is 144 cm³/mol. The van der Waals surface area contributed by atoms with Gasteiger partial charge in [0.1, 0.15) is 12.0 Å². The summed E-state index contributed by atoms with van der Waals surface area (Å²) in [6.07, 6.45) is 16.4. The van der Waals surface area contributed by atoms with E-state index in [1.54, 1.807) is 6.20 Å². The third-order valence-electron chi connectivity index (χ3n) is 7.47. The van der Waals surface area contributed by atoms with Crippen LogP contribution in [0.1, 0.15) is 69.1 Å². The highest BCUT2D eigenvalue weighted by molar-refractivity contribution is 5.93. The summed E-state index contributed by atoms with van der Waals surface area (Å²) in [7, 11) is 0. The van der Waals surface area contributed by atoms with E-state index in [0.29, 0.717) is 19.1 Å². The van der Waals surface area contributed by atoms with Crippen LogP contribution in [-0.2, 0) is 9.47 Å². The van der Waals surface area contributed by atoms with Crippen LogP contribution in [0, 0.1) is 24.7 Å². The van der Waals surface area contributed by atoms with Gasteiger partial charge in [0, 0.05) is 43.8 Å². The molecular weight excluding hydrogens is 448 g/mol. The Bertz CT molecular complexity index is 1140. The SMILES string of the molecule is C#CC1c2cncc(c2)O[C@@H](C)CCOC[C@@H](C)C2=C([CH]2)c2ccc(N(CC)C3CCCCO3)c1c2. The monoisotopic (exact) mass is 485 g/mol. The van der Waals surface area contributed by atoms with Gasteiger partial charge >= 0.3 is 0 Å². The Morgan fingerprint density at radius 1 is 1.11 bits per heavy atom. The Labute approximate surface area is 215 Å². The van der Waals surface area contributed by atoms with Gasteiger partial charge in [-0.15, -0.1) is 6.42 Å². The average molecular weight is 486 g/mol. The Morgan fingerprint density at radius 3 is 2.78 bits per heavy atom. The lowest BCUT2D eigenvalue weighted by Gasteiger charge is -2.37. The van der Waals surface area contributed by atoms with Crippen LogP contribution in [0.2, 0.25) is 0 Å². The van der Waals surface area contributed by atoms with E-state index < -0.39 is 0 Å². The van der Waals surface area contributed by atoms with Crippen LogP contribution >= 0.6 is 0 Å². The number of aromatic nitrogens is 1. The summed E-state index contributed by atoms with van der Waals surface area (Å²) < 4.78 is 18.4. The first-order valence-electron chi connectivity index (χ1n) is 13.4. The summed E-state index contributed by atoms with van der Waals surface area (Å²) in [4.78, 5) is 6.87. The van der Waals surface area contributed by atoms with Crippen molar-refractivity contribution < 1.29 is 14.2 Å². The quantitative estimate of drug-likeness (QED) is 0.499. The minimum Gasteiger partial charge on any atom is -0.489 e. The van der Waals surface area contributed by atoms with Gasteiger partial charge in [0.2, 0.25) is 0 Å². The van der Waals surface area contributed by atoms with Gasteiger partial charge in [0.25, 0.3) is 0 Å². The molecular formula is C31H37N2O3. The van der Waals surface area contributed by atoms with Crippen molar-refractivity contribution in [2.24, 2.45) is 5.92 Å². The zero-order valence-corrected chi connectivity index (χ0v) is 21.7. The second-order valence-electron chi connectivity index (χ2n) is 10.1. The molecule has 1 radical (unpaired) electrons. The number of ether oxygens (including phenoxy) is 3. The third-order valence-corrected chi connectivity index (χ3v) is 7.47. The maximum atomic E-state index is 6.25. The van der Waals surface area contributed by atoms with E-state index in [9.17, 15) is 0 Å². The summed E-state index contributed by atoms with van der Waals surface area (Å²) in [6.45, 7) is 9.52. The molecule has 1 aromatic heterocycles. The highest BCUT2D eigenvalue weighted by Gasteiger charge is 2.31. The van der Waals surface area contributed by atoms with Gasteiger partial charge in [0.15, 0.2) is 0 Å². The maximum absolute atomic E-state index is 6.25. The van der Waals surface area contributed by atoms with Crippen molar-refractivity contribution in [1.29, 1.82) is 0 Å². The standard InChI is InChI=1S/C31H37N2O3/c1-5-26-24-15-25(19-32-18-24)36-22(4)12-14-34-20-21(3)27-17-28(27)23-10-11-30(29(26)16-23)33(6-2)31-9-7-8-13-35-31/h1,10-11,15-19,21-22,26,31H,6-9,12-14,20H2,2-4H3/t21-,22+,26?,31?/m1/s1. The molecule has 2 aliphatic heterocycles. The summed E-state index contributed by atoms with van der Waals surface area (Å²) in [5.74, 6) is 3.93. The Kier molecular flexibility index (Phi) is 7.65. The second kappa shape index (κ2) is 11.1. The third kappa shape index (κ3) is 5.31. The molecule has 3 aliphatic rings. The number of terminal acetylenes is 1. The molecule has 1 aliphatic carbocycles. The molecule has 2 aromatic rings. The van der Waals surface area contributed by atoms with Crippen molar-refractivity contribution in [1.82, 2.24) is 4.98 Å². The van der Waals surface area contributed by atoms with E-state index in [0.717, 1.165) is 55.0 Å². The molecule has 2 unspecified atom stereocenters. The number of hydrogen-bond donors (Lipinski definition) is 0. The second-order valence-corrected chi connectivity index (χ2v) is 10.1. The number of anilines is 1. The van der Waals surface area contributed by atoms with Gasteiger partial charge in [-0.25, -0.2) is 0 Å². The van der Waals surface area contributed by atoms with Crippen molar-refractivity contribution in [3.8, 4) is 18.1 Å². The molecule has 0 saturated carbocycles. The topological polar surface area (TPSA) is 43.8 Å². The summed E-state index contributed by atoms with van der Waals surface area (Å²) in [6, 6.07) is 8.78. The van der Waals surface area contributed by atoms with Gasteiger partial charge in [-0.1, -0.05) is 24.5 Å². The molecule has 0 amide bonds. The van der Waals surface area contributed by atoms with Crippen molar-refractivity contribution in [2.75, 3.05) is 31.3 Å². The summed E-state index contributed by atoms with van der Waals surface area (Å²) >= 11 is 0. The lowest BCUT2D eigenvalue weighted by molar-refractivity contribution is 0.0148. The first kappa shape index (κ1) is 24.9. The number of hydrogen-bond acceptors (Lipinski definition) is 5. The van der Waals surface area contributed by atoms with E-state index in [4.69, 9.17) is 20.6 Å². The van der Waals surface area contributed by atoms with Crippen LogP contribution < -0.4 is 9.64 Å². The molecule has 1 fully saturated rings. The van der Waals surface area contributed by atoms with Crippen molar-refractivity contribution in [2.45, 2.75) is 64.7 Å². The lowest BCUT2D eigenvalue weighted by Crippen LogP contribution is -2.40. The number of nitrogens with zero attached hydrogens (tertiary/aromatic N) is 2. The van der Waals surface area contributed by atoms with Gasteiger partial charge in [-0.3, -0.25) is 4.98 Å². The van der Waals surface area contributed by atoms with Crippen molar-refractivity contribution in [3.63, 3.8) is 0 Å². The van der Waals surface area contributed by atoms with Gasteiger partial charge in [0.05, 0.1) is 31.4 Å². The van der Waals surface area contributed by atoms with E-state index in [1.165, 1.54) is 23.1 Å². The smallest absolute Gasteiger partial charge is 0.138 e. The number of rotatable bonds is 3. The van der Waals surface area contributed by atoms with E-state index in [-0.39, 0.29) is 18.2 Å².